The van der Waals surface area contributed by atoms with E-state index in [9.17, 15) is 14.4 Å². The average Bonchev–Trinajstić information content (AvgIpc) is 3.20. The molecule has 2 atom stereocenters. The van der Waals surface area contributed by atoms with Crippen LogP contribution >= 0.6 is 0 Å². The summed E-state index contributed by atoms with van der Waals surface area (Å²) >= 11 is 0. The highest BCUT2D eigenvalue weighted by Crippen LogP contribution is 2.33. The highest BCUT2D eigenvalue weighted by molar-refractivity contribution is 6.07. The summed E-state index contributed by atoms with van der Waals surface area (Å²) in [6.45, 7) is 6.15. The van der Waals surface area contributed by atoms with Crippen LogP contribution in [0.15, 0.2) is 60.7 Å². The molecule has 2 unspecified atom stereocenters. The van der Waals surface area contributed by atoms with Crippen molar-refractivity contribution in [2.45, 2.75) is 39.2 Å². The molecular formula is C26H27N5O3. The molecule has 8 heteroatoms. The molecule has 1 fully saturated rings. The Labute approximate surface area is 197 Å². The second-order valence-electron chi connectivity index (χ2n) is 9.74. The fourth-order valence-electron chi connectivity index (χ4n) is 4.73. The summed E-state index contributed by atoms with van der Waals surface area (Å²) in [6.07, 6.45) is 4.99. The van der Waals surface area contributed by atoms with Crippen molar-refractivity contribution >= 4 is 40.4 Å². The number of carbonyl (C=O) groups excluding carboxylic acids is 3. The lowest BCUT2D eigenvalue weighted by Crippen LogP contribution is -2.59. The third-order valence-electron chi connectivity index (χ3n) is 6.35. The zero-order chi connectivity index (χ0) is 24.0. The largest absolute Gasteiger partial charge is 0.305 e. The molecule has 174 valence electrons. The monoisotopic (exact) mass is 457 g/mol. The van der Waals surface area contributed by atoms with Crippen LogP contribution in [-0.2, 0) is 15.1 Å². The van der Waals surface area contributed by atoms with E-state index >= 15 is 0 Å². The Morgan fingerprint density at radius 1 is 1.03 bits per heavy atom. The van der Waals surface area contributed by atoms with Crippen molar-refractivity contribution in [2.75, 3.05) is 10.3 Å². The lowest BCUT2D eigenvalue weighted by Gasteiger charge is -2.38. The molecule has 0 saturated carbocycles. The molecule has 0 radical (unpaired) electrons. The van der Waals surface area contributed by atoms with Gasteiger partial charge in [0.1, 0.15) is 0 Å². The molecule has 1 saturated heterocycles. The van der Waals surface area contributed by atoms with Crippen molar-refractivity contribution in [3.05, 3.63) is 66.2 Å². The number of nitrogens with one attached hydrogen (secondary N) is 2. The quantitative estimate of drug-likeness (QED) is 0.581. The maximum Gasteiger partial charge on any atom is 0.258 e. The molecule has 8 nitrogen and oxygen atoms in total. The first-order chi connectivity index (χ1) is 16.2. The number of para-hydroxylation sites is 2. The Hall–Kier alpha value is -3.94. The van der Waals surface area contributed by atoms with Crippen molar-refractivity contribution in [1.82, 2.24) is 15.0 Å². The number of allylic oxidation sites excluding steroid dienone is 2. The molecule has 34 heavy (non-hydrogen) atoms. The minimum atomic E-state index is -0.386. The standard InChI is InChI=1S/C26H27N5O3/c1-26(2,3)30-21-14-7-6-13-20(21)27-25(30)28-22(32)16-9-8-10-17(15-16)31-24(34)19-12-5-4-11-18(19)23(33)29-31/h4-10,13-15,18-19H,11-12H2,1-3H3,(H,29,33)(H,27,28,32). The van der Waals surface area contributed by atoms with E-state index in [4.69, 9.17) is 0 Å². The van der Waals surface area contributed by atoms with Gasteiger partial charge >= 0.3 is 0 Å². The number of carbonyl (C=O) groups is 3. The topological polar surface area (TPSA) is 96.3 Å². The Kier molecular flexibility index (Phi) is 5.23. The maximum atomic E-state index is 13.2. The molecule has 2 aromatic carbocycles. The number of benzene rings is 2. The number of amides is 3. The van der Waals surface area contributed by atoms with Gasteiger partial charge in [-0.1, -0.05) is 30.4 Å². The van der Waals surface area contributed by atoms with Crippen LogP contribution in [0.5, 0.6) is 0 Å². The minimum absolute atomic E-state index is 0.166. The van der Waals surface area contributed by atoms with Crippen LogP contribution in [0, 0.1) is 11.8 Å². The first-order valence-electron chi connectivity index (χ1n) is 11.4. The van der Waals surface area contributed by atoms with Gasteiger partial charge in [-0.3, -0.25) is 25.1 Å². The van der Waals surface area contributed by atoms with Gasteiger partial charge in [-0.25, -0.2) is 9.99 Å². The summed E-state index contributed by atoms with van der Waals surface area (Å²) in [5, 5.41) is 4.20. The summed E-state index contributed by atoms with van der Waals surface area (Å²) in [6, 6.07) is 14.4. The van der Waals surface area contributed by atoms with Crippen LogP contribution in [0.2, 0.25) is 0 Å². The molecule has 1 aliphatic heterocycles. The summed E-state index contributed by atoms with van der Waals surface area (Å²) in [5.74, 6) is -0.975. The number of hydrazine groups is 1. The normalized spacial score (nSPS) is 20.3. The van der Waals surface area contributed by atoms with Gasteiger partial charge in [-0.2, -0.15) is 0 Å². The van der Waals surface area contributed by atoms with E-state index in [0.717, 1.165) is 11.0 Å². The second kappa shape index (κ2) is 8.13. The van der Waals surface area contributed by atoms with Gasteiger partial charge in [-0.15, -0.1) is 0 Å². The van der Waals surface area contributed by atoms with Crippen molar-refractivity contribution in [1.29, 1.82) is 0 Å². The summed E-state index contributed by atoms with van der Waals surface area (Å²) in [4.78, 5) is 43.5. The molecule has 2 aliphatic rings. The number of anilines is 2. The van der Waals surface area contributed by atoms with Gasteiger partial charge in [0, 0.05) is 11.1 Å². The summed E-state index contributed by atoms with van der Waals surface area (Å²) < 4.78 is 2.00. The predicted molar refractivity (Wildman–Crippen MR) is 130 cm³/mol. The molecule has 3 amide bonds. The smallest absolute Gasteiger partial charge is 0.258 e. The molecule has 1 aromatic heterocycles. The van der Waals surface area contributed by atoms with Crippen molar-refractivity contribution in [2.24, 2.45) is 11.8 Å². The van der Waals surface area contributed by atoms with E-state index in [-0.39, 0.29) is 35.1 Å². The third kappa shape index (κ3) is 3.75. The van der Waals surface area contributed by atoms with E-state index in [1.165, 1.54) is 5.01 Å². The Morgan fingerprint density at radius 2 is 1.76 bits per heavy atom. The molecule has 5 rings (SSSR count). The maximum absolute atomic E-state index is 13.2. The number of hydrogen-bond acceptors (Lipinski definition) is 4. The van der Waals surface area contributed by atoms with Gasteiger partial charge in [0.15, 0.2) is 0 Å². The van der Waals surface area contributed by atoms with Gasteiger partial charge in [-0.05, 0) is 63.9 Å². The van der Waals surface area contributed by atoms with Gasteiger partial charge in [0.2, 0.25) is 17.8 Å². The Bertz CT molecular complexity index is 1330. The lowest BCUT2D eigenvalue weighted by atomic mass is 9.80. The van der Waals surface area contributed by atoms with Crippen LogP contribution in [0.3, 0.4) is 0 Å². The number of nitrogens with zero attached hydrogens (tertiary/aromatic N) is 3. The summed E-state index contributed by atoms with van der Waals surface area (Å²) in [7, 11) is 0. The summed E-state index contributed by atoms with van der Waals surface area (Å²) in [5.41, 5.74) is 4.92. The fourth-order valence-corrected chi connectivity index (χ4v) is 4.73. The van der Waals surface area contributed by atoms with Crippen LogP contribution in [0.1, 0.15) is 44.0 Å². The van der Waals surface area contributed by atoms with E-state index in [1.54, 1.807) is 24.3 Å². The van der Waals surface area contributed by atoms with E-state index < -0.39 is 0 Å². The lowest BCUT2D eigenvalue weighted by molar-refractivity contribution is -0.139. The molecule has 2 heterocycles. The fraction of sp³-hybridized carbons (Fsp3) is 0.308. The zero-order valence-electron chi connectivity index (χ0n) is 19.4. The van der Waals surface area contributed by atoms with E-state index in [1.807, 2.05) is 41.0 Å². The van der Waals surface area contributed by atoms with Crippen LogP contribution in [-0.4, -0.2) is 27.3 Å². The number of aromatic nitrogens is 2. The highest BCUT2D eigenvalue weighted by Gasteiger charge is 2.42. The van der Waals surface area contributed by atoms with Crippen molar-refractivity contribution < 1.29 is 14.4 Å². The first-order valence-corrected chi connectivity index (χ1v) is 11.4. The predicted octanol–water partition coefficient (Wildman–Crippen LogP) is 4.00. The van der Waals surface area contributed by atoms with E-state index in [0.29, 0.717) is 30.0 Å². The van der Waals surface area contributed by atoms with Crippen LogP contribution in [0.4, 0.5) is 11.6 Å². The minimum Gasteiger partial charge on any atom is -0.305 e. The second-order valence-corrected chi connectivity index (χ2v) is 9.74. The zero-order valence-corrected chi connectivity index (χ0v) is 19.4. The Morgan fingerprint density at radius 3 is 2.53 bits per heavy atom. The van der Waals surface area contributed by atoms with Gasteiger partial charge in [0.05, 0.1) is 28.6 Å². The number of fused-ring (bicyclic) bond motifs is 2. The van der Waals surface area contributed by atoms with E-state index in [2.05, 4.69) is 36.5 Å². The third-order valence-corrected chi connectivity index (χ3v) is 6.35. The van der Waals surface area contributed by atoms with Crippen molar-refractivity contribution in [3.8, 4) is 0 Å². The number of imidazole rings is 1. The Balaban J connectivity index is 1.44. The number of hydrogen-bond donors (Lipinski definition) is 2. The van der Waals surface area contributed by atoms with Crippen molar-refractivity contribution in [3.63, 3.8) is 0 Å². The van der Waals surface area contributed by atoms with Gasteiger partial charge in [0.25, 0.3) is 5.91 Å². The number of rotatable bonds is 3. The highest BCUT2D eigenvalue weighted by atomic mass is 16.2. The molecule has 1 aliphatic carbocycles. The first kappa shape index (κ1) is 21.9. The average molecular weight is 458 g/mol. The van der Waals surface area contributed by atoms with Crippen LogP contribution < -0.4 is 15.8 Å². The SMILES string of the molecule is CC(C)(C)n1c(NC(=O)c2cccc(N3NC(=O)C4CC=CCC4C3=O)c2)nc2ccccc21. The molecular weight excluding hydrogens is 430 g/mol. The molecule has 0 bridgehead atoms. The molecule has 2 N–H and O–H groups in total. The molecule has 0 spiro atoms. The van der Waals surface area contributed by atoms with Crippen LogP contribution in [0.25, 0.3) is 11.0 Å². The van der Waals surface area contributed by atoms with Gasteiger partial charge < -0.3 is 4.57 Å². The molecule has 3 aromatic rings.